The molecule has 1 unspecified atom stereocenters. The van der Waals surface area contributed by atoms with Gasteiger partial charge >= 0.3 is 0 Å². The lowest BCUT2D eigenvalue weighted by atomic mass is 10.2. The van der Waals surface area contributed by atoms with Crippen LogP contribution in [0.1, 0.15) is 19.8 Å². The Hall–Kier alpha value is -1.52. The monoisotopic (exact) mass is 294 g/mol. The summed E-state index contributed by atoms with van der Waals surface area (Å²) >= 11 is 5.95. The second-order valence-electron chi connectivity index (χ2n) is 4.97. The number of aliphatic hydroxyl groups is 1. The van der Waals surface area contributed by atoms with Crippen LogP contribution in [0.5, 0.6) is 0 Å². The fourth-order valence-electron chi connectivity index (χ4n) is 2.17. The number of aliphatic hydroxyl groups excluding tert-OH is 1. The van der Waals surface area contributed by atoms with Gasteiger partial charge in [-0.1, -0.05) is 11.6 Å². The first-order valence-corrected chi connectivity index (χ1v) is 7.12. The smallest absolute Gasteiger partial charge is 0.220 e. The average Bonchev–Trinajstić information content (AvgIpc) is 2.81. The summed E-state index contributed by atoms with van der Waals surface area (Å²) in [6, 6.07) is 7.64. The van der Waals surface area contributed by atoms with Crippen LogP contribution in [-0.4, -0.2) is 28.2 Å². The molecule has 2 rings (SSSR count). The van der Waals surface area contributed by atoms with E-state index in [2.05, 4.69) is 9.88 Å². The highest BCUT2D eigenvalue weighted by molar-refractivity contribution is 6.31. The highest BCUT2D eigenvalue weighted by Gasteiger charge is 2.06. The zero-order chi connectivity index (χ0) is 14.5. The summed E-state index contributed by atoms with van der Waals surface area (Å²) in [5, 5.41) is 13.4. The van der Waals surface area contributed by atoms with Crippen LogP contribution < -0.4 is 5.32 Å². The van der Waals surface area contributed by atoms with Crippen molar-refractivity contribution in [1.29, 1.82) is 0 Å². The minimum atomic E-state index is -0.183. The molecule has 1 atom stereocenters. The predicted octanol–water partition coefficient (Wildman–Crippen LogP) is 2.57. The van der Waals surface area contributed by atoms with E-state index in [0.29, 0.717) is 6.42 Å². The zero-order valence-corrected chi connectivity index (χ0v) is 12.2. The Morgan fingerprint density at radius 2 is 2.25 bits per heavy atom. The minimum Gasteiger partial charge on any atom is -0.394 e. The number of amides is 1. The van der Waals surface area contributed by atoms with Gasteiger partial charge in [0.25, 0.3) is 0 Å². The van der Waals surface area contributed by atoms with Gasteiger partial charge in [0.1, 0.15) is 0 Å². The molecular weight excluding hydrogens is 276 g/mol. The molecule has 0 radical (unpaired) electrons. The Balaban J connectivity index is 1.88. The van der Waals surface area contributed by atoms with E-state index in [4.69, 9.17) is 16.7 Å². The molecule has 0 bridgehead atoms. The van der Waals surface area contributed by atoms with Crippen molar-refractivity contribution in [2.45, 2.75) is 32.4 Å². The van der Waals surface area contributed by atoms with Gasteiger partial charge in [-0.05, 0) is 37.6 Å². The summed E-state index contributed by atoms with van der Waals surface area (Å²) in [6.07, 6.45) is 3.23. The number of benzene rings is 1. The van der Waals surface area contributed by atoms with Crippen LogP contribution in [-0.2, 0) is 11.3 Å². The second-order valence-corrected chi connectivity index (χ2v) is 5.40. The van der Waals surface area contributed by atoms with Gasteiger partial charge < -0.3 is 15.0 Å². The number of aromatic nitrogens is 1. The van der Waals surface area contributed by atoms with Crippen LogP contribution >= 0.6 is 11.6 Å². The van der Waals surface area contributed by atoms with Gasteiger partial charge in [-0.3, -0.25) is 4.79 Å². The molecule has 0 saturated heterocycles. The summed E-state index contributed by atoms with van der Waals surface area (Å²) in [6.45, 7) is 2.53. The number of carbonyl (C=O) groups excluding carboxylic acids is 1. The van der Waals surface area contributed by atoms with Gasteiger partial charge in [-0.25, -0.2) is 0 Å². The van der Waals surface area contributed by atoms with Gasteiger partial charge in [-0.2, -0.15) is 0 Å². The molecule has 0 aliphatic rings. The molecule has 1 heterocycles. The summed E-state index contributed by atoms with van der Waals surface area (Å²) in [5.74, 6) is -0.0222. The third kappa shape index (κ3) is 3.74. The number of fused-ring (bicyclic) bond motifs is 1. The standard InChI is InChI=1S/C15H19ClN2O2/c1-11(10-19)17-15(20)3-2-7-18-8-6-12-9-13(16)4-5-14(12)18/h4-6,8-9,11,19H,2-3,7,10H2,1H3,(H,17,20). The van der Waals surface area contributed by atoms with Crippen molar-refractivity contribution in [1.82, 2.24) is 9.88 Å². The maximum absolute atomic E-state index is 11.6. The fourth-order valence-corrected chi connectivity index (χ4v) is 2.35. The molecular formula is C15H19ClN2O2. The molecule has 20 heavy (non-hydrogen) atoms. The lowest BCUT2D eigenvalue weighted by molar-refractivity contribution is -0.122. The lowest BCUT2D eigenvalue weighted by Gasteiger charge is -2.11. The van der Waals surface area contributed by atoms with Crippen LogP contribution in [0.2, 0.25) is 5.02 Å². The summed E-state index contributed by atoms with van der Waals surface area (Å²) in [7, 11) is 0. The van der Waals surface area contributed by atoms with E-state index in [1.165, 1.54) is 0 Å². The summed E-state index contributed by atoms with van der Waals surface area (Å²) in [4.78, 5) is 11.6. The van der Waals surface area contributed by atoms with E-state index in [1.807, 2.05) is 30.5 Å². The number of rotatable bonds is 6. The molecule has 0 saturated carbocycles. The van der Waals surface area contributed by atoms with E-state index in [-0.39, 0.29) is 18.6 Å². The van der Waals surface area contributed by atoms with Gasteiger partial charge in [0.05, 0.1) is 6.61 Å². The van der Waals surface area contributed by atoms with E-state index >= 15 is 0 Å². The van der Waals surface area contributed by atoms with Crippen molar-refractivity contribution in [3.05, 3.63) is 35.5 Å². The second kappa shape index (κ2) is 6.77. The topological polar surface area (TPSA) is 54.3 Å². The van der Waals surface area contributed by atoms with Crippen LogP contribution in [0, 0.1) is 0 Å². The van der Waals surface area contributed by atoms with Gasteiger partial charge in [0.2, 0.25) is 5.91 Å². The molecule has 0 fully saturated rings. The van der Waals surface area contributed by atoms with Gasteiger partial charge in [0, 0.05) is 41.1 Å². The van der Waals surface area contributed by atoms with Crippen LogP contribution in [0.4, 0.5) is 0 Å². The highest BCUT2D eigenvalue weighted by Crippen LogP contribution is 2.20. The number of hydrogen-bond donors (Lipinski definition) is 2. The van der Waals surface area contributed by atoms with Crippen molar-refractivity contribution < 1.29 is 9.90 Å². The summed E-state index contributed by atoms with van der Waals surface area (Å²) < 4.78 is 2.12. The zero-order valence-electron chi connectivity index (χ0n) is 11.5. The first kappa shape index (κ1) is 14.9. The first-order chi connectivity index (χ1) is 9.60. The third-order valence-electron chi connectivity index (χ3n) is 3.22. The Kier molecular flexibility index (Phi) is 5.04. The molecule has 2 aromatic rings. The number of nitrogens with zero attached hydrogens (tertiary/aromatic N) is 1. The molecule has 1 amide bonds. The third-order valence-corrected chi connectivity index (χ3v) is 3.45. The number of carbonyl (C=O) groups is 1. The molecule has 5 heteroatoms. The SMILES string of the molecule is CC(CO)NC(=O)CCCn1ccc2cc(Cl)ccc21. The van der Waals surface area contributed by atoms with Crippen molar-refractivity contribution >= 4 is 28.4 Å². The minimum absolute atomic E-state index is 0.0222. The van der Waals surface area contributed by atoms with Gasteiger partial charge in [0.15, 0.2) is 0 Å². The molecule has 1 aromatic heterocycles. The fraction of sp³-hybridized carbons (Fsp3) is 0.400. The van der Waals surface area contributed by atoms with Crippen LogP contribution in [0.15, 0.2) is 30.5 Å². The largest absolute Gasteiger partial charge is 0.394 e. The number of nitrogens with one attached hydrogen (secondary N) is 1. The first-order valence-electron chi connectivity index (χ1n) is 6.75. The quantitative estimate of drug-likeness (QED) is 0.860. The van der Waals surface area contributed by atoms with E-state index in [1.54, 1.807) is 6.92 Å². The Morgan fingerprint density at radius 3 is 3.00 bits per heavy atom. The molecule has 0 aliphatic carbocycles. The Morgan fingerprint density at radius 1 is 1.45 bits per heavy atom. The molecule has 2 N–H and O–H groups in total. The highest BCUT2D eigenvalue weighted by atomic mass is 35.5. The number of aryl methyl sites for hydroxylation is 1. The normalized spacial score (nSPS) is 12.6. The molecule has 0 spiro atoms. The van der Waals surface area contributed by atoms with Crippen molar-refractivity contribution in [2.75, 3.05) is 6.61 Å². The average molecular weight is 295 g/mol. The van der Waals surface area contributed by atoms with Gasteiger partial charge in [-0.15, -0.1) is 0 Å². The molecule has 4 nitrogen and oxygen atoms in total. The van der Waals surface area contributed by atoms with Crippen LogP contribution in [0.25, 0.3) is 10.9 Å². The van der Waals surface area contributed by atoms with Crippen molar-refractivity contribution in [2.24, 2.45) is 0 Å². The Labute approximate surface area is 123 Å². The van der Waals surface area contributed by atoms with Crippen LogP contribution in [0.3, 0.4) is 0 Å². The summed E-state index contributed by atoms with van der Waals surface area (Å²) in [5.41, 5.74) is 1.12. The predicted molar refractivity (Wildman–Crippen MR) is 80.9 cm³/mol. The van der Waals surface area contributed by atoms with Crippen molar-refractivity contribution in [3.8, 4) is 0 Å². The van der Waals surface area contributed by atoms with E-state index in [9.17, 15) is 4.79 Å². The molecule has 0 aliphatic heterocycles. The number of hydrogen-bond acceptors (Lipinski definition) is 2. The Bertz CT molecular complexity index is 595. The maximum Gasteiger partial charge on any atom is 0.220 e. The lowest BCUT2D eigenvalue weighted by Crippen LogP contribution is -2.34. The van der Waals surface area contributed by atoms with E-state index < -0.39 is 0 Å². The van der Waals surface area contributed by atoms with E-state index in [0.717, 1.165) is 28.9 Å². The van der Waals surface area contributed by atoms with Crippen molar-refractivity contribution in [3.63, 3.8) is 0 Å². The molecule has 1 aromatic carbocycles. The maximum atomic E-state index is 11.6. The molecule has 108 valence electrons. The number of halogens is 1.